The summed E-state index contributed by atoms with van der Waals surface area (Å²) in [4.78, 5) is 3.84. The van der Waals surface area contributed by atoms with Crippen molar-refractivity contribution in [1.29, 1.82) is 0 Å². The van der Waals surface area contributed by atoms with Gasteiger partial charge in [0.15, 0.2) is 11.6 Å². The number of hydrogen-bond donors (Lipinski definition) is 2. The number of nitrogens with zero attached hydrogens (tertiary/aromatic N) is 1. The number of anilines is 1. The summed E-state index contributed by atoms with van der Waals surface area (Å²) in [5.41, 5.74) is -0.888. The van der Waals surface area contributed by atoms with E-state index >= 15 is 0 Å². The molecule has 14 heavy (non-hydrogen) atoms. The maximum atomic E-state index is 13.2. The average Bonchev–Trinajstić information content (AvgIpc) is 2.00. The van der Waals surface area contributed by atoms with Gasteiger partial charge in [0.05, 0.1) is 5.60 Å². The molecule has 3 nitrogen and oxygen atoms in total. The summed E-state index contributed by atoms with van der Waals surface area (Å²) in [6, 6.07) is 1.32. The van der Waals surface area contributed by atoms with E-state index in [1.165, 1.54) is 12.3 Å². The third-order valence-electron chi connectivity index (χ3n) is 1.50. The molecule has 1 heterocycles. The summed E-state index contributed by atoms with van der Waals surface area (Å²) in [6.07, 6.45) is 1.50. The summed E-state index contributed by atoms with van der Waals surface area (Å²) in [5.74, 6) is -0.293. The second kappa shape index (κ2) is 4.23. The van der Waals surface area contributed by atoms with E-state index in [2.05, 4.69) is 26.2 Å². The Labute approximate surface area is 90.5 Å². The molecule has 2 N–H and O–H groups in total. The summed E-state index contributed by atoms with van der Waals surface area (Å²) in [7, 11) is 0. The Morgan fingerprint density at radius 1 is 1.64 bits per heavy atom. The van der Waals surface area contributed by atoms with Gasteiger partial charge in [0.2, 0.25) is 0 Å². The predicted octanol–water partition coefficient (Wildman–Crippen LogP) is 2.17. The minimum Gasteiger partial charge on any atom is -0.389 e. The number of halogens is 2. The van der Waals surface area contributed by atoms with Gasteiger partial charge in [-0.3, -0.25) is 0 Å². The fourth-order valence-corrected chi connectivity index (χ4v) is 1.15. The van der Waals surface area contributed by atoms with Crippen LogP contribution in [0.4, 0.5) is 10.2 Å². The zero-order chi connectivity index (χ0) is 10.8. The molecule has 78 valence electrons. The smallest absolute Gasteiger partial charge is 0.166 e. The molecule has 1 rings (SSSR count). The number of aliphatic hydroxyl groups is 1. The van der Waals surface area contributed by atoms with Gasteiger partial charge in [0.25, 0.3) is 0 Å². The Morgan fingerprint density at radius 3 is 2.79 bits per heavy atom. The highest BCUT2D eigenvalue weighted by molar-refractivity contribution is 9.10. The first-order valence-electron chi connectivity index (χ1n) is 4.16. The van der Waals surface area contributed by atoms with E-state index in [0.29, 0.717) is 4.47 Å². The molecule has 0 amide bonds. The predicted molar refractivity (Wildman–Crippen MR) is 56.7 cm³/mol. The lowest BCUT2D eigenvalue weighted by molar-refractivity contribution is 0.0943. The third kappa shape index (κ3) is 3.59. The molecular weight excluding hydrogens is 251 g/mol. The Kier molecular flexibility index (Phi) is 3.44. The first-order valence-corrected chi connectivity index (χ1v) is 4.95. The van der Waals surface area contributed by atoms with Crippen LogP contribution in [-0.2, 0) is 0 Å². The van der Waals surface area contributed by atoms with E-state index in [9.17, 15) is 9.50 Å². The molecule has 1 aromatic rings. The standard InChI is InChI=1S/C9H12BrFN2O/c1-9(2,14)5-13-8-7(11)3-6(10)4-12-8/h3-4,14H,5H2,1-2H3,(H,12,13). The van der Waals surface area contributed by atoms with E-state index in [1.807, 2.05) is 0 Å². The molecule has 0 fully saturated rings. The Balaban J connectivity index is 2.68. The van der Waals surface area contributed by atoms with Crippen molar-refractivity contribution in [1.82, 2.24) is 4.98 Å². The van der Waals surface area contributed by atoms with Crippen molar-refractivity contribution in [2.24, 2.45) is 0 Å². The summed E-state index contributed by atoms with van der Waals surface area (Å²) in [6.45, 7) is 3.52. The van der Waals surface area contributed by atoms with Crippen LogP contribution in [0.1, 0.15) is 13.8 Å². The average molecular weight is 263 g/mol. The quantitative estimate of drug-likeness (QED) is 0.878. The van der Waals surface area contributed by atoms with E-state index in [4.69, 9.17) is 0 Å². The number of rotatable bonds is 3. The van der Waals surface area contributed by atoms with Crippen LogP contribution in [0.2, 0.25) is 0 Å². The summed E-state index contributed by atoms with van der Waals surface area (Å²) >= 11 is 3.11. The van der Waals surface area contributed by atoms with Gasteiger partial charge in [0.1, 0.15) is 0 Å². The van der Waals surface area contributed by atoms with Gasteiger partial charge >= 0.3 is 0 Å². The summed E-state index contributed by atoms with van der Waals surface area (Å²) < 4.78 is 13.8. The van der Waals surface area contributed by atoms with Crippen molar-refractivity contribution >= 4 is 21.7 Å². The molecule has 0 aliphatic heterocycles. The highest BCUT2D eigenvalue weighted by atomic mass is 79.9. The van der Waals surface area contributed by atoms with Crippen LogP contribution >= 0.6 is 15.9 Å². The first kappa shape index (κ1) is 11.4. The molecule has 0 saturated heterocycles. The lowest BCUT2D eigenvalue weighted by Gasteiger charge is -2.18. The topological polar surface area (TPSA) is 45.1 Å². The second-order valence-corrected chi connectivity index (χ2v) is 4.57. The van der Waals surface area contributed by atoms with Crippen molar-refractivity contribution < 1.29 is 9.50 Å². The maximum absolute atomic E-state index is 13.2. The fraction of sp³-hybridized carbons (Fsp3) is 0.444. The maximum Gasteiger partial charge on any atom is 0.166 e. The van der Waals surface area contributed by atoms with Crippen molar-refractivity contribution in [3.05, 3.63) is 22.6 Å². The SMILES string of the molecule is CC(C)(O)CNc1ncc(Br)cc1F. The van der Waals surface area contributed by atoms with E-state index in [0.717, 1.165) is 0 Å². The molecule has 5 heteroatoms. The van der Waals surface area contributed by atoms with E-state index in [-0.39, 0.29) is 12.4 Å². The molecular formula is C9H12BrFN2O. The van der Waals surface area contributed by atoms with Crippen molar-refractivity contribution in [3.8, 4) is 0 Å². The molecule has 0 bridgehead atoms. The fourth-order valence-electron chi connectivity index (χ4n) is 0.845. The van der Waals surface area contributed by atoms with Crippen molar-refractivity contribution in [2.75, 3.05) is 11.9 Å². The van der Waals surface area contributed by atoms with Crippen molar-refractivity contribution in [3.63, 3.8) is 0 Å². The zero-order valence-electron chi connectivity index (χ0n) is 8.01. The van der Waals surface area contributed by atoms with Gasteiger partial charge in [-0.05, 0) is 35.8 Å². The molecule has 0 atom stereocenters. The van der Waals surface area contributed by atoms with Crippen LogP contribution in [-0.4, -0.2) is 22.2 Å². The van der Waals surface area contributed by atoms with Crippen molar-refractivity contribution in [2.45, 2.75) is 19.4 Å². The molecule has 0 aliphatic rings. The van der Waals surface area contributed by atoms with Crippen LogP contribution < -0.4 is 5.32 Å². The van der Waals surface area contributed by atoms with Crippen LogP contribution in [0.5, 0.6) is 0 Å². The van der Waals surface area contributed by atoms with Crippen LogP contribution in [0.15, 0.2) is 16.7 Å². The number of aromatic nitrogens is 1. The Morgan fingerprint density at radius 2 is 2.29 bits per heavy atom. The van der Waals surface area contributed by atoms with E-state index < -0.39 is 11.4 Å². The molecule has 0 spiro atoms. The third-order valence-corrected chi connectivity index (χ3v) is 1.93. The molecule has 0 aliphatic carbocycles. The molecule has 0 radical (unpaired) electrons. The minimum atomic E-state index is -0.888. The summed E-state index contributed by atoms with van der Waals surface area (Å²) in [5, 5.41) is 12.1. The zero-order valence-corrected chi connectivity index (χ0v) is 9.60. The highest BCUT2D eigenvalue weighted by Crippen LogP contribution is 2.16. The molecule has 0 aromatic carbocycles. The van der Waals surface area contributed by atoms with Crippen LogP contribution in [0, 0.1) is 5.82 Å². The normalized spacial score (nSPS) is 11.5. The van der Waals surface area contributed by atoms with Gasteiger partial charge in [-0.25, -0.2) is 9.37 Å². The van der Waals surface area contributed by atoms with E-state index in [1.54, 1.807) is 13.8 Å². The van der Waals surface area contributed by atoms with Gasteiger partial charge < -0.3 is 10.4 Å². The minimum absolute atomic E-state index is 0.148. The van der Waals surface area contributed by atoms with Gasteiger partial charge in [-0.15, -0.1) is 0 Å². The number of hydrogen-bond acceptors (Lipinski definition) is 3. The monoisotopic (exact) mass is 262 g/mol. The Hall–Kier alpha value is -0.680. The van der Waals surface area contributed by atoms with Crippen LogP contribution in [0.25, 0.3) is 0 Å². The number of pyridine rings is 1. The lowest BCUT2D eigenvalue weighted by Crippen LogP contribution is -2.29. The van der Waals surface area contributed by atoms with Gasteiger partial charge in [0, 0.05) is 17.2 Å². The number of nitrogens with one attached hydrogen (secondary N) is 1. The second-order valence-electron chi connectivity index (χ2n) is 3.65. The lowest BCUT2D eigenvalue weighted by atomic mass is 10.1. The molecule has 0 saturated carbocycles. The molecule has 1 aromatic heterocycles. The highest BCUT2D eigenvalue weighted by Gasteiger charge is 2.13. The Bertz CT molecular complexity index is 325. The largest absolute Gasteiger partial charge is 0.389 e. The molecule has 0 unspecified atom stereocenters. The first-order chi connectivity index (χ1) is 6.38. The van der Waals surface area contributed by atoms with Gasteiger partial charge in [-0.2, -0.15) is 0 Å². The van der Waals surface area contributed by atoms with Crippen LogP contribution in [0.3, 0.4) is 0 Å². The van der Waals surface area contributed by atoms with Gasteiger partial charge in [-0.1, -0.05) is 0 Å².